The van der Waals surface area contributed by atoms with E-state index in [4.69, 9.17) is 11.6 Å². The minimum Gasteiger partial charge on any atom is -0.306 e. The minimum absolute atomic E-state index is 0.0437. The SMILES string of the molecule is O=C(Nc1cc(Cl)ccn1)c1c(F)ccc([N+](=O)[O-])c1F. The van der Waals surface area contributed by atoms with E-state index >= 15 is 0 Å². The van der Waals surface area contributed by atoms with Gasteiger partial charge in [0.2, 0.25) is 5.82 Å². The van der Waals surface area contributed by atoms with E-state index < -0.39 is 33.7 Å². The molecule has 0 radical (unpaired) electrons. The van der Waals surface area contributed by atoms with Crippen LogP contribution in [-0.2, 0) is 0 Å². The second kappa shape index (κ2) is 5.80. The predicted molar refractivity (Wildman–Crippen MR) is 70.2 cm³/mol. The molecule has 9 heteroatoms. The highest BCUT2D eigenvalue weighted by Gasteiger charge is 2.26. The first kappa shape index (κ1) is 14.8. The summed E-state index contributed by atoms with van der Waals surface area (Å²) in [5.41, 5.74) is -2.06. The van der Waals surface area contributed by atoms with Gasteiger partial charge in [0.15, 0.2) is 0 Å². The van der Waals surface area contributed by atoms with Gasteiger partial charge >= 0.3 is 5.69 Å². The molecule has 0 bridgehead atoms. The summed E-state index contributed by atoms with van der Waals surface area (Å²) in [5.74, 6) is -4.03. The summed E-state index contributed by atoms with van der Waals surface area (Å²) >= 11 is 5.67. The lowest BCUT2D eigenvalue weighted by atomic mass is 10.1. The van der Waals surface area contributed by atoms with Crippen molar-refractivity contribution >= 4 is 29.0 Å². The van der Waals surface area contributed by atoms with Gasteiger partial charge in [-0.05, 0) is 18.2 Å². The van der Waals surface area contributed by atoms with Crippen molar-refractivity contribution in [3.8, 4) is 0 Å². The van der Waals surface area contributed by atoms with Crippen LogP contribution in [0.5, 0.6) is 0 Å². The molecule has 108 valence electrons. The topological polar surface area (TPSA) is 85.1 Å². The summed E-state index contributed by atoms with van der Waals surface area (Å²) in [4.78, 5) is 25.1. The van der Waals surface area contributed by atoms with Crippen molar-refractivity contribution in [1.82, 2.24) is 4.98 Å². The molecule has 0 fully saturated rings. The zero-order valence-corrected chi connectivity index (χ0v) is 10.9. The van der Waals surface area contributed by atoms with Crippen molar-refractivity contribution in [3.05, 3.63) is 62.8 Å². The number of rotatable bonds is 3. The van der Waals surface area contributed by atoms with Crippen LogP contribution in [0.3, 0.4) is 0 Å². The monoisotopic (exact) mass is 313 g/mol. The summed E-state index contributed by atoms with van der Waals surface area (Å²) in [5, 5.41) is 13.0. The number of anilines is 1. The Balaban J connectivity index is 2.39. The average molecular weight is 314 g/mol. The molecule has 0 saturated carbocycles. The molecule has 1 N–H and O–H groups in total. The Kier molecular flexibility index (Phi) is 4.08. The van der Waals surface area contributed by atoms with Gasteiger partial charge < -0.3 is 5.32 Å². The van der Waals surface area contributed by atoms with Crippen LogP contribution in [-0.4, -0.2) is 15.8 Å². The van der Waals surface area contributed by atoms with Crippen LogP contribution in [0.15, 0.2) is 30.5 Å². The van der Waals surface area contributed by atoms with E-state index in [1.165, 1.54) is 18.3 Å². The molecule has 0 unspecified atom stereocenters. The molecule has 21 heavy (non-hydrogen) atoms. The molecule has 1 amide bonds. The molecule has 2 rings (SSSR count). The lowest BCUT2D eigenvalue weighted by molar-refractivity contribution is -0.387. The summed E-state index contributed by atoms with van der Waals surface area (Å²) in [7, 11) is 0. The molecule has 2 aromatic rings. The maximum Gasteiger partial charge on any atom is 0.305 e. The maximum absolute atomic E-state index is 13.8. The zero-order chi connectivity index (χ0) is 15.6. The third-order valence-corrected chi connectivity index (χ3v) is 2.69. The van der Waals surface area contributed by atoms with Crippen LogP contribution in [0.4, 0.5) is 20.3 Å². The number of amides is 1. The van der Waals surface area contributed by atoms with Crippen LogP contribution >= 0.6 is 11.6 Å². The number of pyridine rings is 1. The summed E-state index contributed by atoms with van der Waals surface area (Å²) in [6, 6.07) is 3.97. The van der Waals surface area contributed by atoms with Crippen molar-refractivity contribution in [1.29, 1.82) is 0 Å². The van der Waals surface area contributed by atoms with Crippen molar-refractivity contribution in [2.24, 2.45) is 0 Å². The molecule has 0 spiro atoms. The van der Waals surface area contributed by atoms with E-state index in [2.05, 4.69) is 10.3 Å². The van der Waals surface area contributed by atoms with Gasteiger partial charge in [-0.1, -0.05) is 11.6 Å². The van der Waals surface area contributed by atoms with Gasteiger partial charge in [-0.3, -0.25) is 14.9 Å². The van der Waals surface area contributed by atoms with Gasteiger partial charge in [-0.2, -0.15) is 4.39 Å². The molecule has 1 aromatic heterocycles. The number of carbonyl (C=O) groups excluding carboxylic acids is 1. The largest absolute Gasteiger partial charge is 0.306 e. The van der Waals surface area contributed by atoms with E-state index in [9.17, 15) is 23.7 Å². The van der Waals surface area contributed by atoms with Gasteiger partial charge in [0.25, 0.3) is 5.91 Å². The maximum atomic E-state index is 13.8. The highest BCUT2D eigenvalue weighted by molar-refractivity contribution is 6.30. The molecular weight excluding hydrogens is 308 g/mol. The highest BCUT2D eigenvalue weighted by atomic mass is 35.5. The molecule has 0 aliphatic carbocycles. The Bertz CT molecular complexity index is 740. The number of nitrogens with zero attached hydrogens (tertiary/aromatic N) is 2. The first-order chi connectivity index (χ1) is 9.90. The average Bonchev–Trinajstić information content (AvgIpc) is 2.38. The van der Waals surface area contributed by atoms with Gasteiger partial charge in [0.05, 0.1) is 4.92 Å². The second-order valence-electron chi connectivity index (χ2n) is 3.83. The predicted octanol–water partition coefficient (Wildman–Crippen LogP) is 3.17. The molecular formula is C12H6ClF2N3O3. The fraction of sp³-hybridized carbons (Fsp3) is 0. The minimum atomic E-state index is -1.56. The molecule has 0 aliphatic rings. The normalized spacial score (nSPS) is 10.2. The first-order valence-electron chi connectivity index (χ1n) is 5.45. The lowest BCUT2D eigenvalue weighted by Crippen LogP contribution is -2.17. The lowest BCUT2D eigenvalue weighted by Gasteiger charge is -2.06. The van der Waals surface area contributed by atoms with Crippen LogP contribution in [0.2, 0.25) is 5.02 Å². The summed E-state index contributed by atoms with van der Waals surface area (Å²) < 4.78 is 27.4. The number of halogens is 3. The summed E-state index contributed by atoms with van der Waals surface area (Å²) in [6.07, 6.45) is 1.28. The smallest absolute Gasteiger partial charge is 0.305 e. The van der Waals surface area contributed by atoms with Crippen molar-refractivity contribution in [2.45, 2.75) is 0 Å². The number of nitro benzene ring substituents is 1. The first-order valence-corrected chi connectivity index (χ1v) is 5.83. The zero-order valence-electron chi connectivity index (χ0n) is 10.1. The van der Waals surface area contributed by atoms with Crippen molar-refractivity contribution < 1.29 is 18.5 Å². The standard InChI is InChI=1S/C12H6ClF2N3O3/c13-6-3-4-16-9(5-6)17-12(19)10-7(14)1-2-8(11(10)15)18(20)21/h1-5H,(H,16,17,19). The summed E-state index contributed by atoms with van der Waals surface area (Å²) in [6.45, 7) is 0. The van der Waals surface area contributed by atoms with Crippen LogP contribution in [0.1, 0.15) is 10.4 Å². The number of hydrogen-bond donors (Lipinski definition) is 1. The number of hydrogen-bond acceptors (Lipinski definition) is 4. The van der Waals surface area contributed by atoms with Crippen molar-refractivity contribution in [3.63, 3.8) is 0 Å². The van der Waals surface area contributed by atoms with E-state index in [-0.39, 0.29) is 10.8 Å². The number of aromatic nitrogens is 1. The van der Waals surface area contributed by atoms with Crippen LogP contribution in [0.25, 0.3) is 0 Å². The van der Waals surface area contributed by atoms with Gasteiger partial charge in [0.1, 0.15) is 17.2 Å². The number of nitro groups is 1. The Labute approximate surface area is 121 Å². The van der Waals surface area contributed by atoms with Crippen molar-refractivity contribution in [2.75, 3.05) is 5.32 Å². The molecule has 0 atom stereocenters. The number of carbonyl (C=O) groups is 1. The highest BCUT2D eigenvalue weighted by Crippen LogP contribution is 2.24. The van der Waals surface area contributed by atoms with Crippen LogP contribution in [0, 0.1) is 21.7 Å². The van der Waals surface area contributed by atoms with E-state index in [1.807, 2.05) is 0 Å². The van der Waals surface area contributed by atoms with E-state index in [0.29, 0.717) is 12.1 Å². The van der Waals surface area contributed by atoms with Gasteiger partial charge in [0, 0.05) is 17.3 Å². The Morgan fingerprint density at radius 2 is 2.05 bits per heavy atom. The Morgan fingerprint density at radius 1 is 1.33 bits per heavy atom. The van der Waals surface area contributed by atoms with E-state index in [1.54, 1.807) is 0 Å². The second-order valence-corrected chi connectivity index (χ2v) is 4.26. The third kappa shape index (κ3) is 3.11. The van der Waals surface area contributed by atoms with Gasteiger partial charge in [-0.25, -0.2) is 9.37 Å². The molecule has 0 saturated heterocycles. The van der Waals surface area contributed by atoms with E-state index in [0.717, 1.165) is 0 Å². The van der Waals surface area contributed by atoms with Gasteiger partial charge in [-0.15, -0.1) is 0 Å². The Hall–Kier alpha value is -2.61. The number of nitrogens with one attached hydrogen (secondary N) is 1. The molecule has 6 nitrogen and oxygen atoms in total. The number of benzene rings is 1. The quantitative estimate of drug-likeness (QED) is 0.696. The fourth-order valence-electron chi connectivity index (χ4n) is 1.54. The Morgan fingerprint density at radius 3 is 2.67 bits per heavy atom. The third-order valence-electron chi connectivity index (χ3n) is 2.46. The fourth-order valence-corrected chi connectivity index (χ4v) is 1.70. The molecule has 1 aromatic carbocycles. The van der Waals surface area contributed by atoms with Crippen LogP contribution < -0.4 is 5.32 Å². The molecule has 0 aliphatic heterocycles. The molecule has 1 heterocycles.